The Morgan fingerprint density at radius 2 is 2.06 bits per heavy atom. The second kappa shape index (κ2) is 3.64. The van der Waals surface area contributed by atoms with E-state index in [0.717, 1.165) is 11.3 Å². The molecule has 0 aromatic heterocycles. The second-order valence-corrected chi connectivity index (χ2v) is 4.34. The first-order chi connectivity index (χ1) is 7.60. The van der Waals surface area contributed by atoms with Crippen molar-refractivity contribution >= 4 is 11.6 Å². The molecule has 2 rings (SSSR count). The van der Waals surface area contributed by atoms with Crippen molar-refractivity contribution in [3.63, 3.8) is 0 Å². The lowest BCUT2D eigenvalue weighted by molar-refractivity contribution is -0.121. The van der Waals surface area contributed by atoms with Crippen LogP contribution in [0.4, 0.5) is 5.69 Å². The van der Waals surface area contributed by atoms with E-state index in [0.29, 0.717) is 12.8 Å². The van der Waals surface area contributed by atoms with Crippen LogP contribution in [0.25, 0.3) is 0 Å². The van der Waals surface area contributed by atoms with E-state index in [4.69, 9.17) is 5.26 Å². The maximum Gasteiger partial charge on any atom is 0.247 e. The number of carbonyl (C=O) groups is 1. The molecule has 3 nitrogen and oxygen atoms in total. The van der Waals surface area contributed by atoms with Gasteiger partial charge in [-0.1, -0.05) is 18.2 Å². The van der Waals surface area contributed by atoms with E-state index >= 15 is 0 Å². The maximum atomic E-state index is 12.1. The molecule has 1 aliphatic carbocycles. The molecule has 0 N–H and O–H groups in total. The van der Waals surface area contributed by atoms with Crippen molar-refractivity contribution in [3.05, 3.63) is 29.8 Å². The molecule has 16 heavy (non-hydrogen) atoms. The minimum Gasteiger partial charge on any atom is -0.314 e. The zero-order valence-corrected chi connectivity index (χ0v) is 9.53. The topological polar surface area (TPSA) is 44.1 Å². The Bertz CT molecular complexity index is 469. The fraction of sp³-hybridized carbons (Fsp3) is 0.385. The summed E-state index contributed by atoms with van der Waals surface area (Å²) in [4.78, 5) is 13.7. The Morgan fingerprint density at radius 1 is 1.44 bits per heavy atom. The maximum absolute atomic E-state index is 12.1. The van der Waals surface area contributed by atoms with Crippen LogP contribution in [-0.2, 0) is 4.79 Å². The van der Waals surface area contributed by atoms with Gasteiger partial charge in [0.25, 0.3) is 0 Å². The van der Waals surface area contributed by atoms with Crippen LogP contribution < -0.4 is 4.90 Å². The predicted molar refractivity (Wildman–Crippen MR) is 61.9 cm³/mol. The number of para-hydroxylation sites is 1. The van der Waals surface area contributed by atoms with Crippen LogP contribution in [0.5, 0.6) is 0 Å². The Labute approximate surface area is 95.3 Å². The van der Waals surface area contributed by atoms with Gasteiger partial charge in [0.15, 0.2) is 0 Å². The summed E-state index contributed by atoms with van der Waals surface area (Å²) < 4.78 is 0. The fourth-order valence-electron chi connectivity index (χ4n) is 1.87. The molecule has 0 aliphatic heterocycles. The summed E-state index contributed by atoms with van der Waals surface area (Å²) in [5.74, 6) is -0.0794. The summed E-state index contributed by atoms with van der Waals surface area (Å²) in [6.45, 7) is 1.96. The number of amides is 1. The SMILES string of the molecule is Cc1ccccc1N(C)C(=O)C1(C#N)CC1. The monoisotopic (exact) mass is 214 g/mol. The summed E-state index contributed by atoms with van der Waals surface area (Å²) in [5.41, 5.74) is 1.19. The first-order valence-electron chi connectivity index (χ1n) is 5.36. The van der Waals surface area contributed by atoms with Crippen LogP contribution in [-0.4, -0.2) is 13.0 Å². The molecule has 82 valence electrons. The minimum absolute atomic E-state index is 0.0794. The van der Waals surface area contributed by atoms with Gasteiger partial charge in [0, 0.05) is 12.7 Å². The van der Waals surface area contributed by atoms with Crippen molar-refractivity contribution in [3.8, 4) is 6.07 Å². The molecule has 0 spiro atoms. The van der Waals surface area contributed by atoms with E-state index in [1.165, 1.54) is 0 Å². The molecular weight excluding hydrogens is 200 g/mol. The van der Waals surface area contributed by atoms with Crippen LogP contribution in [0, 0.1) is 23.7 Å². The largest absolute Gasteiger partial charge is 0.314 e. The fourth-order valence-corrected chi connectivity index (χ4v) is 1.87. The van der Waals surface area contributed by atoms with E-state index in [-0.39, 0.29) is 5.91 Å². The van der Waals surface area contributed by atoms with Gasteiger partial charge in [-0.15, -0.1) is 0 Å². The number of hydrogen-bond acceptors (Lipinski definition) is 2. The zero-order chi connectivity index (χ0) is 11.8. The summed E-state index contributed by atoms with van der Waals surface area (Å²) in [6, 6.07) is 9.84. The Balaban J connectivity index is 2.27. The third kappa shape index (κ3) is 1.57. The van der Waals surface area contributed by atoms with Gasteiger partial charge < -0.3 is 4.90 Å². The van der Waals surface area contributed by atoms with Gasteiger partial charge in [-0.05, 0) is 31.4 Å². The van der Waals surface area contributed by atoms with Gasteiger partial charge in [-0.25, -0.2) is 0 Å². The lowest BCUT2D eigenvalue weighted by Crippen LogP contribution is -2.33. The van der Waals surface area contributed by atoms with Crippen molar-refractivity contribution < 1.29 is 4.79 Å². The van der Waals surface area contributed by atoms with Crippen molar-refractivity contribution in [1.29, 1.82) is 5.26 Å². The third-order valence-electron chi connectivity index (χ3n) is 3.15. The van der Waals surface area contributed by atoms with Crippen molar-refractivity contribution in [2.24, 2.45) is 5.41 Å². The van der Waals surface area contributed by atoms with Gasteiger partial charge in [0.05, 0.1) is 6.07 Å². The van der Waals surface area contributed by atoms with Gasteiger partial charge in [0.1, 0.15) is 5.41 Å². The lowest BCUT2D eigenvalue weighted by atomic mass is 10.1. The Hall–Kier alpha value is -1.82. The van der Waals surface area contributed by atoms with Crippen LogP contribution in [0.1, 0.15) is 18.4 Å². The van der Waals surface area contributed by atoms with Crippen molar-refractivity contribution in [2.75, 3.05) is 11.9 Å². The number of benzene rings is 1. The number of aryl methyl sites for hydroxylation is 1. The highest BCUT2D eigenvalue weighted by Crippen LogP contribution is 2.47. The molecule has 0 bridgehead atoms. The molecule has 1 fully saturated rings. The Morgan fingerprint density at radius 3 is 2.56 bits per heavy atom. The number of nitrogens with zero attached hydrogens (tertiary/aromatic N) is 2. The quantitative estimate of drug-likeness (QED) is 0.758. The average molecular weight is 214 g/mol. The number of carbonyl (C=O) groups excluding carboxylic acids is 1. The molecule has 0 heterocycles. The molecule has 0 atom stereocenters. The molecule has 0 radical (unpaired) electrons. The van der Waals surface area contributed by atoms with Crippen LogP contribution >= 0.6 is 0 Å². The van der Waals surface area contributed by atoms with Gasteiger partial charge in [0.2, 0.25) is 5.91 Å². The van der Waals surface area contributed by atoms with E-state index < -0.39 is 5.41 Å². The Kier molecular flexibility index (Phi) is 2.43. The summed E-state index contributed by atoms with van der Waals surface area (Å²) >= 11 is 0. The lowest BCUT2D eigenvalue weighted by Gasteiger charge is -2.21. The number of hydrogen-bond donors (Lipinski definition) is 0. The molecule has 1 amide bonds. The molecule has 3 heteroatoms. The first-order valence-corrected chi connectivity index (χ1v) is 5.36. The normalized spacial score (nSPS) is 16.3. The molecule has 1 saturated carbocycles. The van der Waals surface area contributed by atoms with Gasteiger partial charge in [-0.2, -0.15) is 5.26 Å². The van der Waals surface area contributed by atoms with Crippen LogP contribution in [0.15, 0.2) is 24.3 Å². The van der Waals surface area contributed by atoms with Gasteiger partial charge in [-0.3, -0.25) is 4.79 Å². The molecule has 1 aromatic carbocycles. The molecule has 0 unspecified atom stereocenters. The summed E-state index contributed by atoms with van der Waals surface area (Å²) in [7, 11) is 1.74. The molecular formula is C13H14N2O. The third-order valence-corrected chi connectivity index (χ3v) is 3.15. The van der Waals surface area contributed by atoms with E-state index in [9.17, 15) is 4.79 Å². The van der Waals surface area contributed by atoms with E-state index in [1.807, 2.05) is 31.2 Å². The second-order valence-electron chi connectivity index (χ2n) is 4.34. The number of nitriles is 1. The number of anilines is 1. The summed E-state index contributed by atoms with van der Waals surface area (Å²) in [6.07, 6.45) is 1.39. The highest BCUT2D eigenvalue weighted by atomic mass is 16.2. The minimum atomic E-state index is -0.739. The van der Waals surface area contributed by atoms with Crippen molar-refractivity contribution in [2.45, 2.75) is 19.8 Å². The van der Waals surface area contributed by atoms with Crippen molar-refractivity contribution in [1.82, 2.24) is 0 Å². The standard InChI is InChI=1S/C13H14N2O/c1-10-5-3-4-6-11(10)15(2)12(16)13(9-14)7-8-13/h3-6H,7-8H2,1-2H3. The predicted octanol–water partition coefficient (Wildman–Crippen LogP) is 2.26. The number of rotatable bonds is 2. The van der Waals surface area contributed by atoms with E-state index in [1.54, 1.807) is 11.9 Å². The molecule has 1 aromatic rings. The highest BCUT2D eigenvalue weighted by molar-refractivity contribution is 6.01. The average Bonchev–Trinajstić information content (AvgIpc) is 3.09. The zero-order valence-electron chi connectivity index (χ0n) is 9.53. The highest BCUT2D eigenvalue weighted by Gasteiger charge is 2.52. The first kappa shape index (κ1) is 10.7. The summed E-state index contributed by atoms with van der Waals surface area (Å²) in [5, 5.41) is 8.99. The van der Waals surface area contributed by atoms with E-state index in [2.05, 4.69) is 6.07 Å². The smallest absolute Gasteiger partial charge is 0.247 e. The molecule has 1 aliphatic rings. The van der Waals surface area contributed by atoms with Gasteiger partial charge >= 0.3 is 0 Å². The van der Waals surface area contributed by atoms with Crippen LogP contribution in [0.2, 0.25) is 0 Å². The van der Waals surface area contributed by atoms with Crippen LogP contribution in [0.3, 0.4) is 0 Å². The molecule has 0 saturated heterocycles.